The molecule has 1 aromatic rings. The van der Waals surface area contributed by atoms with Crippen LogP contribution in [0.5, 0.6) is 0 Å². The zero-order valence-corrected chi connectivity index (χ0v) is 14.4. The quantitative estimate of drug-likeness (QED) is 0.726. The lowest BCUT2D eigenvalue weighted by Crippen LogP contribution is -2.26. The van der Waals surface area contributed by atoms with Crippen LogP contribution in [0, 0.1) is 6.92 Å². The summed E-state index contributed by atoms with van der Waals surface area (Å²) in [5, 5.41) is 3.76. The molecule has 0 bridgehead atoms. The van der Waals surface area contributed by atoms with E-state index in [9.17, 15) is 8.42 Å². The molecule has 120 valence electrons. The Labute approximate surface area is 131 Å². The minimum atomic E-state index is -3.48. The highest BCUT2D eigenvalue weighted by atomic mass is 32.2. The summed E-state index contributed by atoms with van der Waals surface area (Å²) in [6, 6.07) is 2.20. The SMILES string of the molecule is CSC(C)CCNS(=O)(=O)c1cc(CNC2CC2)oc1C. The van der Waals surface area contributed by atoms with Gasteiger partial charge in [-0.25, -0.2) is 13.1 Å². The molecule has 1 saturated carbocycles. The van der Waals surface area contributed by atoms with Gasteiger partial charge in [0, 0.05) is 23.9 Å². The fourth-order valence-electron chi connectivity index (χ4n) is 2.00. The second-order valence-electron chi connectivity index (χ2n) is 5.52. The lowest BCUT2D eigenvalue weighted by Gasteiger charge is -2.09. The van der Waals surface area contributed by atoms with Gasteiger partial charge in [-0.05, 0) is 32.4 Å². The summed E-state index contributed by atoms with van der Waals surface area (Å²) in [6.07, 6.45) is 5.23. The van der Waals surface area contributed by atoms with Crippen molar-refractivity contribution in [3.63, 3.8) is 0 Å². The Morgan fingerprint density at radius 2 is 2.19 bits per heavy atom. The zero-order valence-electron chi connectivity index (χ0n) is 12.8. The molecule has 0 aromatic carbocycles. The van der Waals surface area contributed by atoms with E-state index in [-0.39, 0.29) is 4.90 Å². The molecule has 0 spiro atoms. The van der Waals surface area contributed by atoms with E-state index in [4.69, 9.17) is 4.42 Å². The van der Waals surface area contributed by atoms with Crippen LogP contribution in [0.2, 0.25) is 0 Å². The summed E-state index contributed by atoms with van der Waals surface area (Å²) < 4.78 is 32.8. The first-order valence-electron chi connectivity index (χ1n) is 7.27. The highest BCUT2D eigenvalue weighted by molar-refractivity contribution is 7.99. The van der Waals surface area contributed by atoms with Gasteiger partial charge in [-0.15, -0.1) is 0 Å². The van der Waals surface area contributed by atoms with E-state index in [2.05, 4.69) is 17.0 Å². The summed E-state index contributed by atoms with van der Waals surface area (Å²) >= 11 is 1.73. The number of aryl methyl sites for hydroxylation is 1. The Balaban J connectivity index is 1.94. The predicted octanol–water partition coefficient (Wildman–Crippen LogP) is 2.26. The number of sulfonamides is 1. The van der Waals surface area contributed by atoms with Crippen LogP contribution in [0.1, 0.15) is 37.7 Å². The van der Waals surface area contributed by atoms with Crippen LogP contribution in [-0.2, 0) is 16.6 Å². The van der Waals surface area contributed by atoms with E-state index in [0.29, 0.717) is 35.9 Å². The second-order valence-corrected chi connectivity index (χ2v) is 8.53. The first-order valence-corrected chi connectivity index (χ1v) is 10.0. The number of nitrogens with one attached hydrogen (secondary N) is 2. The Kier molecular flexibility index (Phi) is 5.76. The van der Waals surface area contributed by atoms with Crippen molar-refractivity contribution in [2.75, 3.05) is 12.8 Å². The predicted molar refractivity (Wildman–Crippen MR) is 86.1 cm³/mol. The monoisotopic (exact) mass is 332 g/mol. The summed E-state index contributed by atoms with van der Waals surface area (Å²) in [6.45, 7) is 4.82. The molecule has 1 atom stereocenters. The van der Waals surface area contributed by atoms with Gasteiger partial charge in [0.1, 0.15) is 16.4 Å². The third-order valence-corrected chi connectivity index (χ3v) is 6.21. The highest BCUT2D eigenvalue weighted by Gasteiger charge is 2.23. The summed E-state index contributed by atoms with van der Waals surface area (Å²) in [5.74, 6) is 1.13. The Morgan fingerprint density at radius 3 is 2.81 bits per heavy atom. The number of rotatable bonds is 9. The van der Waals surface area contributed by atoms with Crippen molar-refractivity contribution in [1.29, 1.82) is 0 Å². The first kappa shape index (κ1) is 16.9. The third kappa shape index (κ3) is 5.02. The van der Waals surface area contributed by atoms with Gasteiger partial charge < -0.3 is 9.73 Å². The molecule has 7 heteroatoms. The largest absolute Gasteiger partial charge is 0.464 e. The van der Waals surface area contributed by atoms with E-state index in [1.54, 1.807) is 24.8 Å². The topological polar surface area (TPSA) is 71.3 Å². The van der Waals surface area contributed by atoms with E-state index in [1.807, 2.05) is 6.26 Å². The number of hydrogen-bond donors (Lipinski definition) is 2. The third-order valence-electron chi connectivity index (χ3n) is 3.60. The maximum Gasteiger partial charge on any atom is 0.244 e. The molecule has 1 unspecified atom stereocenters. The molecule has 0 amide bonds. The van der Waals surface area contributed by atoms with Gasteiger partial charge in [-0.1, -0.05) is 6.92 Å². The van der Waals surface area contributed by atoms with E-state index >= 15 is 0 Å². The molecule has 1 heterocycles. The van der Waals surface area contributed by atoms with Crippen LogP contribution >= 0.6 is 11.8 Å². The van der Waals surface area contributed by atoms with E-state index in [1.165, 1.54) is 12.8 Å². The molecule has 0 aliphatic heterocycles. The van der Waals surface area contributed by atoms with Gasteiger partial charge in [0.2, 0.25) is 10.0 Å². The van der Waals surface area contributed by atoms with Crippen molar-refractivity contribution in [2.45, 2.75) is 55.8 Å². The minimum Gasteiger partial charge on any atom is -0.464 e. The molecule has 1 aromatic heterocycles. The summed E-state index contributed by atoms with van der Waals surface area (Å²) in [7, 11) is -3.48. The highest BCUT2D eigenvalue weighted by Crippen LogP contribution is 2.23. The summed E-state index contributed by atoms with van der Waals surface area (Å²) in [5.41, 5.74) is 0. The van der Waals surface area contributed by atoms with Crippen molar-refractivity contribution in [1.82, 2.24) is 10.0 Å². The lowest BCUT2D eigenvalue weighted by molar-refractivity contribution is 0.456. The Morgan fingerprint density at radius 1 is 1.48 bits per heavy atom. The molecule has 1 aliphatic carbocycles. The van der Waals surface area contributed by atoms with Crippen LogP contribution in [0.25, 0.3) is 0 Å². The van der Waals surface area contributed by atoms with Crippen LogP contribution in [0.4, 0.5) is 0 Å². The normalized spacial score (nSPS) is 17.1. The maximum atomic E-state index is 12.3. The van der Waals surface area contributed by atoms with Gasteiger partial charge in [-0.3, -0.25) is 0 Å². The summed E-state index contributed by atoms with van der Waals surface area (Å²) in [4.78, 5) is 0.256. The van der Waals surface area contributed by atoms with Gasteiger partial charge in [0.25, 0.3) is 0 Å². The van der Waals surface area contributed by atoms with Crippen LogP contribution in [0.3, 0.4) is 0 Å². The van der Waals surface area contributed by atoms with E-state index in [0.717, 1.165) is 6.42 Å². The van der Waals surface area contributed by atoms with Gasteiger partial charge in [-0.2, -0.15) is 11.8 Å². The van der Waals surface area contributed by atoms with Gasteiger partial charge in [0.15, 0.2) is 0 Å². The van der Waals surface area contributed by atoms with Crippen molar-refractivity contribution in [3.05, 3.63) is 17.6 Å². The average molecular weight is 332 g/mol. The standard InChI is InChI=1S/C14H24N2O3S2/c1-10(20-3)6-7-16-21(17,18)14-8-13(19-11(14)2)9-15-12-4-5-12/h8,10,12,15-16H,4-7,9H2,1-3H3. The van der Waals surface area contributed by atoms with Crippen molar-refractivity contribution < 1.29 is 12.8 Å². The average Bonchev–Trinajstić information content (AvgIpc) is 3.18. The molecule has 2 N–H and O–H groups in total. The molecule has 0 saturated heterocycles. The van der Waals surface area contributed by atoms with Crippen molar-refractivity contribution in [3.8, 4) is 0 Å². The molecule has 21 heavy (non-hydrogen) atoms. The first-order chi connectivity index (χ1) is 9.92. The smallest absolute Gasteiger partial charge is 0.244 e. The van der Waals surface area contributed by atoms with Gasteiger partial charge >= 0.3 is 0 Å². The maximum absolute atomic E-state index is 12.3. The van der Waals surface area contributed by atoms with Crippen molar-refractivity contribution in [2.24, 2.45) is 0 Å². The Bertz CT molecular complexity index is 565. The zero-order chi connectivity index (χ0) is 15.5. The number of furan rings is 1. The molecule has 2 rings (SSSR count). The number of hydrogen-bond acceptors (Lipinski definition) is 5. The second kappa shape index (κ2) is 7.17. The minimum absolute atomic E-state index is 0.256. The van der Waals surface area contributed by atoms with Crippen LogP contribution < -0.4 is 10.0 Å². The molecular weight excluding hydrogens is 308 g/mol. The van der Waals surface area contributed by atoms with Crippen LogP contribution in [-0.4, -0.2) is 32.5 Å². The van der Waals surface area contributed by atoms with Crippen molar-refractivity contribution >= 4 is 21.8 Å². The van der Waals surface area contributed by atoms with Gasteiger partial charge in [0.05, 0.1) is 6.54 Å². The molecule has 5 nitrogen and oxygen atoms in total. The lowest BCUT2D eigenvalue weighted by atomic mass is 10.3. The molecular formula is C14H24N2O3S2. The molecule has 1 fully saturated rings. The fraction of sp³-hybridized carbons (Fsp3) is 0.714. The van der Waals surface area contributed by atoms with Crippen LogP contribution in [0.15, 0.2) is 15.4 Å². The van der Waals surface area contributed by atoms with E-state index < -0.39 is 10.0 Å². The Hall–Kier alpha value is -0.500. The molecule has 0 radical (unpaired) electrons. The number of thioether (sulfide) groups is 1. The fourth-order valence-corrected chi connectivity index (χ4v) is 3.61. The molecule has 1 aliphatic rings.